The van der Waals surface area contributed by atoms with Crippen molar-refractivity contribution in [3.63, 3.8) is 0 Å². The van der Waals surface area contributed by atoms with Gasteiger partial charge in [-0.25, -0.2) is 0 Å². The standard InChI is InChI=1S/C10H9Br2ClO/c1-6(12)10(14)9-7(5-11)3-2-4-8(9)13/h2-4,6H,5H2,1H3. The lowest BCUT2D eigenvalue weighted by molar-refractivity contribution is 0.0995. The van der Waals surface area contributed by atoms with Crippen LogP contribution in [0.25, 0.3) is 0 Å². The molecule has 0 aliphatic heterocycles. The number of rotatable bonds is 3. The maximum atomic E-state index is 11.8. The van der Waals surface area contributed by atoms with Gasteiger partial charge in [0.05, 0.1) is 9.85 Å². The molecule has 1 aromatic rings. The Morgan fingerprint density at radius 1 is 1.57 bits per heavy atom. The van der Waals surface area contributed by atoms with Crippen molar-refractivity contribution < 1.29 is 4.79 Å². The van der Waals surface area contributed by atoms with Crippen LogP contribution >= 0.6 is 43.5 Å². The van der Waals surface area contributed by atoms with Gasteiger partial charge in [0.2, 0.25) is 0 Å². The van der Waals surface area contributed by atoms with Crippen molar-refractivity contribution in [2.45, 2.75) is 17.1 Å². The smallest absolute Gasteiger partial charge is 0.177 e. The van der Waals surface area contributed by atoms with E-state index in [0.717, 1.165) is 5.56 Å². The van der Waals surface area contributed by atoms with Crippen molar-refractivity contribution in [3.8, 4) is 0 Å². The third-order valence-corrected chi connectivity index (χ3v) is 3.19. The van der Waals surface area contributed by atoms with Crippen molar-refractivity contribution in [1.29, 1.82) is 0 Å². The fourth-order valence-corrected chi connectivity index (χ4v) is 2.14. The molecule has 76 valence electrons. The van der Waals surface area contributed by atoms with E-state index in [9.17, 15) is 4.79 Å². The Kier molecular flexibility index (Phi) is 4.61. The number of carbonyl (C=O) groups excluding carboxylic acids is 1. The van der Waals surface area contributed by atoms with E-state index in [4.69, 9.17) is 11.6 Å². The van der Waals surface area contributed by atoms with E-state index < -0.39 is 0 Å². The predicted molar refractivity (Wildman–Crippen MR) is 66.8 cm³/mol. The van der Waals surface area contributed by atoms with Crippen molar-refractivity contribution in [1.82, 2.24) is 0 Å². The summed E-state index contributed by atoms with van der Waals surface area (Å²) in [6, 6.07) is 5.47. The van der Waals surface area contributed by atoms with E-state index in [0.29, 0.717) is 15.9 Å². The van der Waals surface area contributed by atoms with Crippen LogP contribution in [0, 0.1) is 0 Å². The summed E-state index contributed by atoms with van der Waals surface area (Å²) in [5.41, 5.74) is 1.53. The maximum absolute atomic E-state index is 11.8. The number of halogens is 3. The van der Waals surface area contributed by atoms with Gasteiger partial charge in [-0.3, -0.25) is 4.79 Å². The van der Waals surface area contributed by atoms with Gasteiger partial charge in [-0.15, -0.1) is 0 Å². The molecule has 0 aliphatic rings. The van der Waals surface area contributed by atoms with Gasteiger partial charge in [-0.2, -0.15) is 0 Å². The number of hydrogen-bond acceptors (Lipinski definition) is 1. The Hall–Kier alpha value is 0.140. The minimum absolute atomic E-state index is 0.0186. The number of benzene rings is 1. The minimum Gasteiger partial charge on any atom is -0.293 e. The summed E-state index contributed by atoms with van der Waals surface area (Å²) in [6.07, 6.45) is 0. The van der Waals surface area contributed by atoms with Crippen molar-refractivity contribution in [2.24, 2.45) is 0 Å². The van der Waals surface area contributed by atoms with Crippen LogP contribution in [0.4, 0.5) is 0 Å². The van der Waals surface area contributed by atoms with Gasteiger partial charge in [0, 0.05) is 10.9 Å². The highest BCUT2D eigenvalue weighted by Gasteiger charge is 2.18. The van der Waals surface area contributed by atoms with E-state index in [1.165, 1.54) is 0 Å². The SMILES string of the molecule is CC(Br)C(=O)c1c(Cl)cccc1CBr. The van der Waals surface area contributed by atoms with E-state index in [-0.39, 0.29) is 10.6 Å². The first-order valence-corrected chi connectivity index (χ1v) is 6.51. The summed E-state index contributed by atoms with van der Waals surface area (Å²) in [7, 11) is 0. The summed E-state index contributed by atoms with van der Waals surface area (Å²) >= 11 is 12.6. The van der Waals surface area contributed by atoms with Crippen LogP contribution in [-0.4, -0.2) is 10.6 Å². The molecular weight excluding hydrogens is 331 g/mol. The van der Waals surface area contributed by atoms with Gasteiger partial charge in [-0.05, 0) is 18.6 Å². The highest BCUT2D eigenvalue weighted by atomic mass is 79.9. The van der Waals surface area contributed by atoms with Crippen LogP contribution in [0.5, 0.6) is 0 Å². The number of Topliss-reactive ketones (excluding diaryl/α,β-unsaturated/α-hetero) is 1. The fraction of sp³-hybridized carbons (Fsp3) is 0.300. The molecule has 0 saturated carbocycles. The van der Waals surface area contributed by atoms with Crippen LogP contribution in [0.3, 0.4) is 0 Å². The molecule has 0 saturated heterocycles. The quantitative estimate of drug-likeness (QED) is 0.595. The second-order valence-corrected chi connectivity index (χ2v) is 5.23. The molecular formula is C10H9Br2ClO. The van der Waals surface area contributed by atoms with Crippen LogP contribution in [-0.2, 0) is 5.33 Å². The number of hydrogen-bond donors (Lipinski definition) is 0. The third-order valence-electron chi connectivity index (χ3n) is 1.85. The molecule has 1 rings (SSSR count). The van der Waals surface area contributed by atoms with E-state index >= 15 is 0 Å². The molecule has 0 fully saturated rings. The van der Waals surface area contributed by atoms with E-state index in [1.807, 2.05) is 12.1 Å². The molecule has 0 aliphatic carbocycles. The summed E-state index contributed by atoms with van der Waals surface area (Å²) in [6.45, 7) is 1.80. The van der Waals surface area contributed by atoms with E-state index in [1.54, 1.807) is 13.0 Å². The second kappa shape index (κ2) is 5.29. The lowest BCUT2D eigenvalue weighted by Gasteiger charge is -2.09. The average molecular weight is 340 g/mol. The number of carbonyl (C=O) groups is 1. The van der Waals surface area contributed by atoms with Crippen LogP contribution in [0.1, 0.15) is 22.8 Å². The van der Waals surface area contributed by atoms with Crippen molar-refractivity contribution in [3.05, 3.63) is 34.3 Å². The Balaban J connectivity index is 3.23. The molecule has 1 atom stereocenters. The van der Waals surface area contributed by atoms with Crippen molar-refractivity contribution >= 4 is 49.2 Å². The fourth-order valence-electron chi connectivity index (χ4n) is 1.15. The maximum Gasteiger partial charge on any atom is 0.177 e. The topological polar surface area (TPSA) is 17.1 Å². The average Bonchev–Trinajstić information content (AvgIpc) is 2.16. The van der Waals surface area contributed by atoms with Gasteiger partial charge in [0.15, 0.2) is 5.78 Å². The zero-order valence-corrected chi connectivity index (χ0v) is 11.5. The molecule has 4 heteroatoms. The zero-order valence-electron chi connectivity index (χ0n) is 7.56. The highest BCUT2D eigenvalue weighted by Crippen LogP contribution is 2.25. The molecule has 0 amide bonds. The first-order chi connectivity index (χ1) is 6.57. The lowest BCUT2D eigenvalue weighted by Crippen LogP contribution is -2.12. The predicted octanol–water partition coefficient (Wildman–Crippen LogP) is 4.20. The highest BCUT2D eigenvalue weighted by molar-refractivity contribution is 9.10. The summed E-state index contributed by atoms with van der Waals surface area (Å²) in [4.78, 5) is 11.6. The second-order valence-electron chi connectivity index (χ2n) is 2.89. The Morgan fingerprint density at radius 3 is 2.71 bits per heavy atom. The zero-order chi connectivity index (χ0) is 10.7. The third kappa shape index (κ3) is 2.59. The lowest BCUT2D eigenvalue weighted by atomic mass is 10.0. The van der Waals surface area contributed by atoms with Crippen LogP contribution in [0.2, 0.25) is 5.02 Å². The van der Waals surface area contributed by atoms with Gasteiger partial charge in [0.1, 0.15) is 0 Å². The molecule has 0 bridgehead atoms. The van der Waals surface area contributed by atoms with Gasteiger partial charge >= 0.3 is 0 Å². The normalized spacial score (nSPS) is 12.6. The number of alkyl halides is 2. The monoisotopic (exact) mass is 338 g/mol. The molecule has 0 spiro atoms. The van der Waals surface area contributed by atoms with Crippen LogP contribution < -0.4 is 0 Å². The number of ketones is 1. The first-order valence-electron chi connectivity index (χ1n) is 4.09. The van der Waals surface area contributed by atoms with E-state index in [2.05, 4.69) is 31.9 Å². The summed E-state index contributed by atoms with van der Waals surface area (Å²) in [5.74, 6) is 0.0186. The Morgan fingerprint density at radius 2 is 2.21 bits per heavy atom. The molecule has 1 nitrogen and oxygen atoms in total. The largest absolute Gasteiger partial charge is 0.293 e. The van der Waals surface area contributed by atoms with Gasteiger partial charge in [-0.1, -0.05) is 55.6 Å². The van der Waals surface area contributed by atoms with Crippen LogP contribution in [0.15, 0.2) is 18.2 Å². The molecule has 14 heavy (non-hydrogen) atoms. The molecule has 0 N–H and O–H groups in total. The molecule has 1 aromatic carbocycles. The van der Waals surface area contributed by atoms with Gasteiger partial charge in [0.25, 0.3) is 0 Å². The Labute approximate surface area is 105 Å². The summed E-state index contributed by atoms with van der Waals surface area (Å²) in [5, 5.41) is 1.15. The van der Waals surface area contributed by atoms with Crippen molar-refractivity contribution in [2.75, 3.05) is 0 Å². The Bertz CT molecular complexity index is 350. The molecule has 1 unspecified atom stereocenters. The molecule has 0 radical (unpaired) electrons. The molecule has 0 aromatic heterocycles. The van der Waals surface area contributed by atoms with Gasteiger partial charge < -0.3 is 0 Å². The molecule has 0 heterocycles. The minimum atomic E-state index is -0.208. The summed E-state index contributed by atoms with van der Waals surface area (Å²) < 4.78 is 0. The first kappa shape index (κ1) is 12.2.